The lowest BCUT2D eigenvalue weighted by Gasteiger charge is -2.21. The van der Waals surface area contributed by atoms with Crippen LogP contribution in [0, 0.1) is 17.6 Å². The number of hydrogen-bond acceptors (Lipinski definition) is 3. The van der Waals surface area contributed by atoms with Crippen molar-refractivity contribution in [3.8, 4) is 0 Å². The maximum atomic E-state index is 14.1. The van der Waals surface area contributed by atoms with Crippen molar-refractivity contribution in [1.29, 1.82) is 0 Å². The molecule has 0 amide bonds. The first-order chi connectivity index (χ1) is 9.95. The summed E-state index contributed by atoms with van der Waals surface area (Å²) >= 11 is 0. The molecule has 4 nitrogen and oxygen atoms in total. The van der Waals surface area contributed by atoms with E-state index < -0.39 is 32.1 Å². The van der Waals surface area contributed by atoms with E-state index in [0.717, 1.165) is 37.8 Å². The Morgan fingerprint density at radius 2 is 1.86 bits per heavy atom. The monoisotopic (exact) mass is 318 g/mol. The van der Waals surface area contributed by atoms with E-state index in [1.165, 1.54) is 6.42 Å². The number of benzene rings is 1. The highest BCUT2D eigenvalue weighted by Crippen LogP contribution is 2.24. The first-order valence-corrected chi connectivity index (χ1v) is 8.60. The molecule has 2 rings (SSSR count). The minimum atomic E-state index is -3.99. The fourth-order valence-corrected chi connectivity index (χ4v) is 3.88. The molecule has 0 atom stereocenters. The third-order valence-electron chi connectivity index (χ3n) is 3.93. The van der Waals surface area contributed by atoms with E-state index in [1.807, 2.05) is 0 Å². The van der Waals surface area contributed by atoms with Crippen LogP contribution >= 0.6 is 0 Å². The van der Waals surface area contributed by atoms with Crippen molar-refractivity contribution in [1.82, 2.24) is 4.72 Å². The summed E-state index contributed by atoms with van der Waals surface area (Å²) in [5, 5.41) is 0. The SMILES string of the molecule is NCc1c(F)ccc(S(=O)(=O)NCC2CCCCC2)c1F. The molecule has 0 radical (unpaired) electrons. The molecule has 1 aromatic carbocycles. The molecule has 1 aliphatic rings. The fraction of sp³-hybridized carbons (Fsp3) is 0.571. The minimum absolute atomic E-state index is 0.283. The second-order valence-corrected chi connectivity index (χ2v) is 7.13. The molecule has 1 saturated carbocycles. The summed E-state index contributed by atoms with van der Waals surface area (Å²) in [4.78, 5) is -0.542. The maximum absolute atomic E-state index is 14.1. The molecule has 0 aliphatic heterocycles. The van der Waals surface area contributed by atoms with E-state index in [1.54, 1.807) is 0 Å². The minimum Gasteiger partial charge on any atom is -0.326 e. The number of sulfonamides is 1. The van der Waals surface area contributed by atoms with Gasteiger partial charge in [0.15, 0.2) is 5.82 Å². The Kier molecular flexibility index (Phi) is 5.29. The largest absolute Gasteiger partial charge is 0.326 e. The van der Waals surface area contributed by atoms with Gasteiger partial charge in [0.05, 0.1) is 0 Å². The Labute approximate surface area is 123 Å². The van der Waals surface area contributed by atoms with Gasteiger partial charge in [-0.25, -0.2) is 21.9 Å². The molecular formula is C14H20F2N2O2S. The van der Waals surface area contributed by atoms with Crippen LogP contribution in [0.2, 0.25) is 0 Å². The van der Waals surface area contributed by atoms with Crippen molar-refractivity contribution >= 4 is 10.0 Å². The van der Waals surface area contributed by atoms with Crippen molar-refractivity contribution in [2.45, 2.75) is 43.5 Å². The lowest BCUT2D eigenvalue weighted by Crippen LogP contribution is -2.31. The van der Waals surface area contributed by atoms with Crippen LogP contribution < -0.4 is 10.5 Å². The molecule has 1 aliphatic carbocycles. The van der Waals surface area contributed by atoms with Crippen LogP contribution in [-0.4, -0.2) is 15.0 Å². The third kappa shape index (κ3) is 3.78. The second kappa shape index (κ2) is 6.81. The van der Waals surface area contributed by atoms with Gasteiger partial charge >= 0.3 is 0 Å². The maximum Gasteiger partial charge on any atom is 0.243 e. The van der Waals surface area contributed by atoms with Crippen LogP contribution in [0.5, 0.6) is 0 Å². The van der Waals surface area contributed by atoms with Crippen molar-refractivity contribution in [2.24, 2.45) is 11.7 Å². The first-order valence-electron chi connectivity index (χ1n) is 7.12. The summed E-state index contributed by atoms with van der Waals surface area (Å²) in [6.07, 6.45) is 5.31. The second-order valence-electron chi connectivity index (χ2n) is 5.40. The van der Waals surface area contributed by atoms with Crippen LogP contribution in [0.3, 0.4) is 0 Å². The van der Waals surface area contributed by atoms with Gasteiger partial charge in [0.25, 0.3) is 0 Å². The summed E-state index contributed by atoms with van der Waals surface area (Å²) in [5.41, 5.74) is 4.85. The van der Waals surface area contributed by atoms with Crippen LogP contribution in [0.1, 0.15) is 37.7 Å². The Morgan fingerprint density at radius 1 is 1.19 bits per heavy atom. The van der Waals surface area contributed by atoms with E-state index in [2.05, 4.69) is 4.72 Å². The van der Waals surface area contributed by atoms with Gasteiger partial charge in [0.1, 0.15) is 10.7 Å². The average Bonchev–Trinajstić information content (AvgIpc) is 2.46. The molecule has 0 unspecified atom stereocenters. The predicted molar refractivity (Wildman–Crippen MR) is 76.0 cm³/mol. The van der Waals surface area contributed by atoms with E-state index in [4.69, 9.17) is 5.73 Å². The van der Waals surface area contributed by atoms with Gasteiger partial charge in [-0.05, 0) is 30.9 Å². The Morgan fingerprint density at radius 3 is 2.48 bits per heavy atom. The Balaban J connectivity index is 2.15. The standard InChI is InChI=1S/C14H20F2N2O2S/c15-12-6-7-13(14(16)11(12)8-17)21(19,20)18-9-10-4-2-1-3-5-10/h6-7,10,18H,1-5,8-9,17H2. The molecule has 0 heterocycles. The molecule has 7 heteroatoms. The topological polar surface area (TPSA) is 72.2 Å². The Bertz CT molecular complexity index is 599. The average molecular weight is 318 g/mol. The first kappa shape index (κ1) is 16.3. The summed E-state index contributed by atoms with van der Waals surface area (Å²) in [6, 6.07) is 1.87. The van der Waals surface area contributed by atoms with Crippen molar-refractivity contribution in [2.75, 3.05) is 6.54 Å². The number of rotatable bonds is 5. The highest BCUT2D eigenvalue weighted by molar-refractivity contribution is 7.89. The van der Waals surface area contributed by atoms with E-state index in [-0.39, 0.29) is 19.0 Å². The van der Waals surface area contributed by atoms with Gasteiger partial charge in [-0.2, -0.15) is 0 Å². The fourth-order valence-electron chi connectivity index (χ4n) is 2.67. The number of halogens is 2. The lowest BCUT2D eigenvalue weighted by atomic mass is 9.90. The third-order valence-corrected chi connectivity index (χ3v) is 5.37. The van der Waals surface area contributed by atoms with Crippen LogP contribution in [0.4, 0.5) is 8.78 Å². The van der Waals surface area contributed by atoms with Crippen molar-refractivity contribution in [3.05, 3.63) is 29.3 Å². The van der Waals surface area contributed by atoms with E-state index in [0.29, 0.717) is 0 Å². The Hall–Kier alpha value is -1.05. The van der Waals surface area contributed by atoms with Crippen LogP contribution in [-0.2, 0) is 16.6 Å². The summed E-state index contributed by atoms with van der Waals surface area (Å²) in [5.74, 6) is -1.65. The number of nitrogens with two attached hydrogens (primary N) is 1. The van der Waals surface area contributed by atoms with Gasteiger partial charge in [0, 0.05) is 18.7 Å². The molecule has 3 N–H and O–H groups in total. The van der Waals surface area contributed by atoms with Crippen molar-refractivity contribution < 1.29 is 17.2 Å². The smallest absolute Gasteiger partial charge is 0.243 e. The highest BCUT2D eigenvalue weighted by atomic mass is 32.2. The molecule has 0 saturated heterocycles. The predicted octanol–water partition coefficient (Wildman–Crippen LogP) is 2.28. The molecule has 0 spiro atoms. The lowest BCUT2D eigenvalue weighted by molar-refractivity contribution is 0.357. The van der Waals surface area contributed by atoms with Gasteiger partial charge in [-0.3, -0.25) is 0 Å². The van der Waals surface area contributed by atoms with Gasteiger partial charge in [-0.15, -0.1) is 0 Å². The molecule has 0 bridgehead atoms. The summed E-state index contributed by atoms with van der Waals surface area (Å²) in [6.45, 7) is -0.0965. The van der Waals surface area contributed by atoms with Gasteiger partial charge in [0.2, 0.25) is 10.0 Å². The summed E-state index contributed by atoms with van der Waals surface area (Å²) in [7, 11) is -3.99. The van der Waals surface area contributed by atoms with Gasteiger partial charge in [-0.1, -0.05) is 19.3 Å². The molecule has 21 heavy (non-hydrogen) atoms. The zero-order valence-electron chi connectivity index (χ0n) is 11.7. The normalized spacial score (nSPS) is 17.1. The van der Waals surface area contributed by atoms with E-state index >= 15 is 0 Å². The summed E-state index contributed by atoms with van der Waals surface area (Å²) < 4.78 is 54.2. The molecule has 1 aromatic rings. The molecule has 0 aromatic heterocycles. The zero-order chi connectivity index (χ0) is 15.5. The molecule has 118 valence electrons. The number of nitrogens with one attached hydrogen (secondary N) is 1. The molecule has 1 fully saturated rings. The zero-order valence-corrected chi connectivity index (χ0v) is 12.6. The van der Waals surface area contributed by atoms with Crippen LogP contribution in [0.25, 0.3) is 0 Å². The van der Waals surface area contributed by atoms with E-state index in [9.17, 15) is 17.2 Å². The quantitative estimate of drug-likeness (QED) is 0.875. The highest BCUT2D eigenvalue weighted by Gasteiger charge is 2.24. The van der Waals surface area contributed by atoms with Crippen LogP contribution in [0.15, 0.2) is 17.0 Å². The van der Waals surface area contributed by atoms with Crippen molar-refractivity contribution in [3.63, 3.8) is 0 Å². The molecular weight excluding hydrogens is 298 g/mol. The number of hydrogen-bond donors (Lipinski definition) is 2. The van der Waals surface area contributed by atoms with Gasteiger partial charge < -0.3 is 5.73 Å².